The van der Waals surface area contributed by atoms with Crippen LogP contribution in [-0.4, -0.2) is 30.8 Å². The normalized spacial score (nSPS) is 14.8. The Bertz CT molecular complexity index is 993. The molecule has 0 atom stereocenters. The lowest BCUT2D eigenvalue weighted by atomic mass is 9.96. The Labute approximate surface area is 167 Å². The quantitative estimate of drug-likeness (QED) is 0.677. The predicted octanol–water partition coefficient (Wildman–Crippen LogP) is 3.85. The van der Waals surface area contributed by atoms with Crippen molar-refractivity contribution in [3.8, 4) is 11.4 Å². The number of nitrogens with zero attached hydrogens (tertiary/aromatic N) is 5. The van der Waals surface area contributed by atoms with Crippen LogP contribution < -0.4 is 5.32 Å². The number of aromatic nitrogens is 5. The van der Waals surface area contributed by atoms with E-state index in [-0.39, 0.29) is 18.1 Å². The monoisotopic (exact) mass is 398 g/mol. The molecule has 2 aromatic heterocycles. The summed E-state index contributed by atoms with van der Waals surface area (Å²) in [6.07, 6.45) is 8.03. The maximum atomic E-state index is 13.4. The highest BCUT2D eigenvalue weighted by Crippen LogP contribution is 2.27. The zero-order valence-electron chi connectivity index (χ0n) is 16.3. The van der Waals surface area contributed by atoms with Gasteiger partial charge in [-0.15, -0.1) is 5.10 Å². The second-order valence-corrected chi connectivity index (χ2v) is 7.36. The Morgan fingerprint density at radius 2 is 2.14 bits per heavy atom. The van der Waals surface area contributed by atoms with Crippen molar-refractivity contribution in [2.75, 3.05) is 5.32 Å². The van der Waals surface area contributed by atoms with Gasteiger partial charge in [0.2, 0.25) is 23.6 Å². The zero-order chi connectivity index (χ0) is 20.2. The van der Waals surface area contributed by atoms with Gasteiger partial charge >= 0.3 is 0 Å². The molecule has 9 heteroatoms. The number of hydrogen-bond donors (Lipinski definition) is 1. The number of hydrogen-bond acceptors (Lipinski definition) is 6. The molecule has 0 radical (unpaired) electrons. The van der Waals surface area contributed by atoms with Crippen LogP contribution in [0.3, 0.4) is 0 Å². The van der Waals surface area contributed by atoms with Gasteiger partial charge in [-0.1, -0.05) is 24.4 Å². The molecule has 4 rings (SSSR count). The van der Waals surface area contributed by atoms with Crippen molar-refractivity contribution < 1.29 is 13.7 Å². The number of anilines is 1. The minimum atomic E-state index is -0.284. The molecule has 1 aliphatic rings. The van der Waals surface area contributed by atoms with Gasteiger partial charge < -0.3 is 4.52 Å². The first kappa shape index (κ1) is 19.2. The first-order valence-corrected chi connectivity index (χ1v) is 9.88. The lowest BCUT2D eigenvalue weighted by molar-refractivity contribution is -0.116. The fraction of sp³-hybridized carbons (Fsp3) is 0.450. The van der Waals surface area contributed by atoms with E-state index >= 15 is 0 Å². The summed E-state index contributed by atoms with van der Waals surface area (Å²) >= 11 is 0. The second kappa shape index (κ2) is 8.50. The number of rotatable bonds is 6. The summed E-state index contributed by atoms with van der Waals surface area (Å²) in [6.45, 7) is 1.67. The summed E-state index contributed by atoms with van der Waals surface area (Å²) < 4.78 is 20.4. The fourth-order valence-corrected chi connectivity index (χ4v) is 3.52. The molecule has 1 amide bonds. The molecule has 1 aromatic carbocycles. The maximum Gasteiger partial charge on any atom is 0.248 e. The Balaban J connectivity index is 1.30. The van der Waals surface area contributed by atoms with Crippen LogP contribution in [0.25, 0.3) is 11.4 Å². The van der Waals surface area contributed by atoms with Crippen LogP contribution in [0.2, 0.25) is 0 Å². The molecule has 0 bridgehead atoms. The molecule has 0 spiro atoms. The second-order valence-electron chi connectivity index (χ2n) is 7.36. The smallest absolute Gasteiger partial charge is 0.248 e. The van der Waals surface area contributed by atoms with Crippen molar-refractivity contribution in [2.45, 2.75) is 57.9 Å². The SMILES string of the molecule is Cc1cc(-c2noc(CCC(=O)Nc3ncn(C4CCCCC4)n3)n2)ccc1F. The largest absolute Gasteiger partial charge is 0.339 e. The average molecular weight is 398 g/mol. The number of aryl methyl sites for hydroxylation is 2. The highest BCUT2D eigenvalue weighted by Gasteiger charge is 2.18. The Kier molecular flexibility index (Phi) is 5.64. The van der Waals surface area contributed by atoms with Crippen LogP contribution >= 0.6 is 0 Å². The van der Waals surface area contributed by atoms with Gasteiger partial charge in [0.05, 0.1) is 6.04 Å². The van der Waals surface area contributed by atoms with Gasteiger partial charge in [0, 0.05) is 18.4 Å². The van der Waals surface area contributed by atoms with Crippen molar-refractivity contribution in [1.82, 2.24) is 24.9 Å². The van der Waals surface area contributed by atoms with Crippen LogP contribution in [-0.2, 0) is 11.2 Å². The molecular weight excluding hydrogens is 375 g/mol. The number of carbonyl (C=O) groups excluding carboxylic acids is 1. The summed E-state index contributed by atoms with van der Waals surface area (Å²) in [5, 5.41) is 11.0. The number of halogens is 1. The van der Waals surface area contributed by atoms with Gasteiger partial charge in [-0.2, -0.15) is 4.98 Å². The Morgan fingerprint density at radius 1 is 1.31 bits per heavy atom. The number of amides is 1. The van der Waals surface area contributed by atoms with Crippen molar-refractivity contribution in [3.05, 3.63) is 41.8 Å². The number of carbonyl (C=O) groups is 1. The number of benzene rings is 1. The van der Waals surface area contributed by atoms with Crippen LogP contribution in [0.5, 0.6) is 0 Å². The van der Waals surface area contributed by atoms with E-state index < -0.39 is 0 Å². The molecule has 152 valence electrons. The van der Waals surface area contributed by atoms with Gasteiger partial charge in [-0.3, -0.25) is 10.1 Å². The summed E-state index contributed by atoms with van der Waals surface area (Å²) in [7, 11) is 0. The van der Waals surface area contributed by atoms with Crippen molar-refractivity contribution in [1.29, 1.82) is 0 Å². The van der Waals surface area contributed by atoms with E-state index in [4.69, 9.17) is 4.52 Å². The molecule has 0 saturated heterocycles. The molecule has 0 aliphatic heterocycles. The molecule has 1 fully saturated rings. The van der Waals surface area contributed by atoms with E-state index in [1.165, 1.54) is 25.3 Å². The first-order chi connectivity index (χ1) is 14.1. The average Bonchev–Trinajstić information content (AvgIpc) is 3.39. The predicted molar refractivity (Wildman–Crippen MR) is 104 cm³/mol. The standard InChI is InChI=1S/C20H23FN6O2/c1-13-11-14(7-8-16(13)21)19-24-18(29-26-19)10-9-17(28)23-20-22-12-27(25-20)15-5-3-2-4-6-15/h7-8,11-12,15H,2-6,9-10H2,1H3,(H,23,25,28). The van der Waals surface area contributed by atoms with Crippen LogP contribution in [0.4, 0.5) is 10.3 Å². The van der Waals surface area contributed by atoms with Crippen molar-refractivity contribution in [2.24, 2.45) is 0 Å². The summed E-state index contributed by atoms with van der Waals surface area (Å²) in [6, 6.07) is 4.99. The zero-order valence-corrected chi connectivity index (χ0v) is 16.3. The molecule has 29 heavy (non-hydrogen) atoms. The van der Waals surface area contributed by atoms with Crippen molar-refractivity contribution >= 4 is 11.9 Å². The van der Waals surface area contributed by atoms with Crippen molar-refractivity contribution in [3.63, 3.8) is 0 Å². The number of nitrogens with one attached hydrogen (secondary N) is 1. The molecule has 1 saturated carbocycles. The van der Waals surface area contributed by atoms with E-state index in [0.29, 0.717) is 41.3 Å². The molecule has 1 aliphatic carbocycles. The van der Waals surface area contributed by atoms with Gasteiger partial charge in [0.1, 0.15) is 12.1 Å². The van der Waals surface area contributed by atoms with Gasteiger partial charge in [-0.25, -0.2) is 14.1 Å². The van der Waals surface area contributed by atoms with Crippen LogP contribution in [0.15, 0.2) is 29.0 Å². The first-order valence-electron chi connectivity index (χ1n) is 9.88. The maximum absolute atomic E-state index is 13.4. The van der Waals surface area contributed by atoms with Crippen LogP contribution in [0, 0.1) is 12.7 Å². The third-order valence-corrected chi connectivity index (χ3v) is 5.16. The van der Waals surface area contributed by atoms with E-state index in [9.17, 15) is 9.18 Å². The minimum Gasteiger partial charge on any atom is -0.339 e. The van der Waals surface area contributed by atoms with E-state index in [1.54, 1.807) is 25.4 Å². The van der Waals surface area contributed by atoms with E-state index in [1.807, 2.05) is 4.68 Å². The van der Waals surface area contributed by atoms with E-state index in [2.05, 4.69) is 25.5 Å². The molecule has 0 unspecified atom stereocenters. The van der Waals surface area contributed by atoms with Crippen LogP contribution in [0.1, 0.15) is 56.0 Å². The third-order valence-electron chi connectivity index (χ3n) is 5.16. The minimum absolute atomic E-state index is 0.169. The Hall–Kier alpha value is -3.10. The summed E-state index contributed by atoms with van der Waals surface area (Å²) in [5.41, 5.74) is 1.18. The van der Waals surface area contributed by atoms with Gasteiger partial charge in [-0.05, 0) is 43.5 Å². The topological polar surface area (TPSA) is 98.7 Å². The lowest BCUT2D eigenvalue weighted by Gasteiger charge is -2.21. The molecular formula is C20H23FN6O2. The highest BCUT2D eigenvalue weighted by atomic mass is 19.1. The van der Waals surface area contributed by atoms with Gasteiger partial charge in [0.25, 0.3) is 0 Å². The molecule has 2 heterocycles. The molecule has 1 N–H and O–H groups in total. The highest BCUT2D eigenvalue weighted by molar-refractivity contribution is 5.88. The molecule has 3 aromatic rings. The fourth-order valence-electron chi connectivity index (χ4n) is 3.52. The lowest BCUT2D eigenvalue weighted by Crippen LogP contribution is -2.16. The Morgan fingerprint density at radius 3 is 2.93 bits per heavy atom. The summed E-state index contributed by atoms with van der Waals surface area (Å²) in [5.74, 6) is 0.528. The third kappa shape index (κ3) is 4.67. The molecule has 8 nitrogen and oxygen atoms in total. The van der Waals surface area contributed by atoms with Gasteiger partial charge in [0.15, 0.2) is 0 Å². The summed E-state index contributed by atoms with van der Waals surface area (Å²) in [4.78, 5) is 20.7. The van der Waals surface area contributed by atoms with E-state index in [0.717, 1.165) is 12.8 Å².